The van der Waals surface area contributed by atoms with Crippen molar-refractivity contribution in [3.05, 3.63) is 0 Å². The molecule has 0 aliphatic heterocycles. The predicted molar refractivity (Wildman–Crippen MR) is 44.9 cm³/mol. The van der Waals surface area contributed by atoms with Crippen LogP contribution < -0.4 is 0 Å². The number of hydrogen-bond acceptors (Lipinski definition) is 3. The highest BCUT2D eigenvalue weighted by Crippen LogP contribution is 3.10. The maximum absolute atomic E-state index is 11.8. The molecular formula is C11H12O3. The van der Waals surface area contributed by atoms with Crippen LogP contribution >= 0.6 is 0 Å². The average molecular weight is 192 g/mol. The lowest BCUT2D eigenvalue weighted by Crippen LogP contribution is -3.11. The second-order valence-corrected chi connectivity index (χ2v) is 5.86. The summed E-state index contributed by atoms with van der Waals surface area (Å²) in [6.45, 7) is 0.311. The van der Waals surface area contributed by atoms with E-state index in [4.69, 9.17) is 4.74 Å². The number of methoxy groups -OCH3 is 1. The van der Waals surface area contributed by atoms with Crippen molar-refractivity contribution in [3.63, 3.8) is 0 Å². The molecule has 14 heavy (non-hydrogen) atoms. The molecule has 6 aliphatic rings. The van der Waals surface area contributed by atoms with E-state index in [9.17, 15) is 9.90 Å². The molecule has 0 amide bonds. The van der Waals surface area contributed by atoms with Crippen LogP contribution in [0.1, 0.15) is 0 Å². The maximum atomic E-state index is 11.8. The first-order valence-electron chi connectivity index (χ1n) is 5.47. The van der Waals surface area contributed by atoms with Gasteiger partial charge in [0.1, 0.15) is 0 Å². The number of aliphatic hydroxyl groups excluding tert-OH is 1. The van der Waals surface area contributed by atoms with Gasteiger partial charge in [0, 0.05) is 12.0 Å². The highest BCUT2D eigenvalue weighted by atomic mass is 16.5. The summed E-state index contributed by atoms with van der Waals surface area (Å²) in [5, 5.41) is 9.43. The minimum atomic E-state index is -0.0818. The SMILES string of the molecule is COC(=O)C12C3[C@@H]4C5[C@@H]3[C@@H]1C5(CO)[C@@H]42. The van der Waals surface area contributed by atoms with Crippen LogP contribution in [0.4, 0.5) is 0 Å². The summed E-state index contributed by atoms with van der Waals surface area (Å²) in [5.41, 5.74) is 0.125. The molecule has 0 heterocycles. The molecule has 0 unspecified atom stereocenters. The molecule has 6 saturated carbocycles. The van der Waals surface area contributed by atoms with Gasteiger partial charge in [0.2, 0.25) is 0 Å². The Kier molecular flexibility index (Phi) is 0.668. The molecule has 74 valence electrons. The minimum absolute atomic E-state index is 0.0206. The third-order valence-electron chi connectivity index (χ3n) is 6.60. The Labute approximate surface area is 81.4 Å². The molecule has 0 saturated heterocycles. The number of rotatable bonds is 2. The van der Waals surface area contributed by atoms with Gasteiger partial charge in [-0.05, 0) is 35.5 Å². The van der Waals surface area contributed by atoms with Gasteiger partial charge in [-0.3, -0.25) is 4.79 Å². The van der Waals surface area contributed by atoms with Crippen molar-refractivity contribution in [1.29, 1.82) is 0 Å². The lowest BCUT2D eigenvalue weighted by Gasteiger charge is -3.10. The van der Waals surface area contributed by atoms with Gasteiger partial charge in [-0.1, -0.05) is 0 Å². The zero-order valence-corrected chi connectivity index (χ0v) is 7.93. The largest absolute Gasteiger partial charge is 0.469 e. The molecule has 0 aromatic carbocycles. The van der Waals surface area contributed by atoms with Crippen molar-refractivity contribution in [2.45, 2.75) is 0 Å². The number of esters is 1. The first-order valence-corrected chi connectivity index (χ1v) is 5.47. The lowest BCUT2D eigenvalue weighted by molar-refractivity contribution is -0.647. The van der Waals surface area contributed by atoms with Crippen LogP contribution in [0.15, 0.2) is 0 Å². The van der Waals surface area contributed by atoms with Crippen LogP contribution in [-0.4, -0.2) is 24.8 Å². The molecule has 3 nitrogen and oxygen atoms in total. The van der Waals surface area contributed by atoms with Crippen LogP contribution in [0.5, 0.6) is 0 Å². The zero-order chi connectivity index (χ0) is 9.46. The molecule has 0 spiro atoms. The number of ether oxygens (including phenoxy) is 1. The van der Waals surface area contributed by atoms with Gasteiger partial charge in [-0.2, -0.15) is 0 Å². The van der Waals surface area contributed by atoms with Gasteiger partial charge in [-0.15, -0.1) is 0 Å². The van der Waals surface area contributed by atoms with Crippen LogP contribution in [-0.2, 0) is 9.53 Å². The summed E-state index contributed by atoms with van der Waals surface area (Å²) in [4.78, 5) is 11.8. The van der Waals surface area contributed by atoms with Crippen molar-refractivity contribution in [2.24, 2.45) is 46.3 Å². The van der Waals surface area contributed by atoms with Gasteiger partial charge >= 0.3 is 5.97 Å². The van der Waals surface area contributed by atoms with Crippen molar-refractivity contribution in [2.75, 3.05) is 13.7 Å². The Hall–Kier alpha value is -0.570. The smallest absolute Gasteiger partial charge is 0.312 e. The van der Waals surface area contributed by atoms with Crippen LogP contribution in [0.2, 0.25) is 0 Å². The van der Waals surface area contributed by atoms with Crippen molar-refractivity contribution >= 4 is 5.97 Å². The van der Waals surface area contributed by atoms with Crippen molar-refractivity contribution in [3.8, 4) is 0 Å². The maximum Gasteiger partial charge on any atom is 0.312 e. The lowest BCUT2D eigenvalue weighted by atomic mass is 8.92. The van der Waals surface area contributed by atoms with E-state index in [2.05, 4.69) is 0 Å². The molecule has 6 fully saturated rings. The highest BCUT2D eigenvalue weighted by molar-refractivity contribution is 5.88. The summed E-state index contributed by atoms with van der Waals surface area (Å²) < 4.78 is 4.93. The molecule has 0 radical (unpaired) electrons. The Morgan fingerprint density at radius 2 is 2.00 bits per heavy atom. The monoisotopic (exact) mass is 192 g/mol. The van der Waals surface area contributed by atoms with Crippen molar-refractivity contribution < 1.29 is 14.6 Å². The molecule has 6 rings (SSSR count). The summed E-state index contributed by atoms with van der Waals surface area (Å²) in [6, 6.07) is 0. The Balaban J connectivity index is 1.63. The van der Waals surface area contributed by atoms with Crippen molar-refractivity contribution in [1.82, 2.24) is 0 Å². The molecule has 4 atom stereocenters. The van der Waals surface area contributed by atoms with E-state index in [0.29, 0.717) is 24.4 Å². The predicted octanol–water partition coefficient (Wildman–Crippen LogP) is -0.110. The molecule has 6 aliphatic carbocycles. The van der Waals surface area contributed by atoms with E-state index < -0.39 is 0 Å². The highest BCUT2D eigenvalue weighted by Gasteiger charge is 3.11. The van der Waals surface area contributed by atoms with E-state index in [-0.39, 0.29) is 16.8 Å². The average Bonchev–Trinajstić information content (AvgIpc) is 2.27. The summed E-state index contributed by atoms with van der Waals surface area (Å²) >= 11 is 0. The molecular weight excluding hydrogens is 180 g/mol. The van der Waals surface area contributed by atoms with Crippen LogP contribution in [0.25, 0.3) is 0 Å². The van der Waals surface area contributed by atoms with E-state index in [1.54, 1.807) is 0 Å². The van der Waals surface area contributed by atoms with Gasteiger partial charge in [-0.25, -0.2) is 0 Å². The van der Waals surface area contributed by atoms with Gasteiger partial charge in [0.05, 0.1) is 12.5 Å². The number of carbonyl (C=O) groups excluding carboxylic acids is 1. The topological polar surface area (TPSA) is 46.5 Å². The van der Waals surface area contributed by atoms with Crippen LogP contribution in [0.3, 0.4) is 0 Å². The van der Waals surface area contributed by atoms with E-state index in [1.807, 2.05) is 0 Å². The summed E-state index contributed by atoms with van der Waals surface area (Å²) in [5.74, 6) is 4.12. The van der Waals surface area contributed by atoms with Crippen LogP contribution in [0, 0.1) is 46.3 Å². The Bertz CT molecular complexity index is 381. The second kappa shape index (κ2) is 1.37. The minimum Gasteiger partial charge on any atom is -0.469 e. The third kappa shape index (κ3) is 0.251. The normalized spacial score (nSPS) is 77.0. The van der Waals surface area contributed by atoms with E-state index in [0.717, 1.165) is 17.8 Å². The quantitative estimate of drug-likeness (QED) is 0.621. The zero-order valence-electron chi connectivity index (χ0n) is 7.93. The third-order valence-corrected chi connectivity index (χ3v) is 6.60. The van der Waals surface area contributed by atoms with Gasteiger partial charge < -0.3 is 9.84 Å². The molecule has 1 N–H and O–H groups in total. The summed E-state index contributed by atoms with van der Waals surface area (Å²) in [7, 11) is 1.50. The molecule has 3 heteroatoms. The van der Waals surface area contributed by atoms with E-state index in [1.165, 1.54) is 7.11 Å². The first kappa shape index (κ1) is 6.83. The fourth-order valence-corrected chi connectivity index (χ4v) is 6.75. The van der Waals surface area contributed by atoms with E-state index >= 15 is 0 Å². The molecule has 0 aromatic rings. The van der Waals surface area contributed by atoms with Gasteiger partial charge in [0.25, 0.3) is 0 Å². The number of hydrogen-bond donors (Lipinski definition) is 1. The van der Waals surface area contributed by atoms with Gasteiger partial charge in [0.15, 0.2) is 0 Å². The Morgan fingerprint density at radius 1 is 1.36 bits per heavy atom. The molecule has 0 aromatic heterocycles. The Morgan fingerprint density at radius 3 is 2.50 bits per heavy atom. The standard InChI is InChI=1S/C11H12O3/c1-14-9(13)11-6-3-5-4(6)8(11)10(5,2-12)7(3)11/h3-8,12H,2H2,1H3/t3-,4-,5?,6?,7+,8+,10?,11?/m0/s1. The number of aliphatic hydroxyl groups is 1. The first-order chi connectivity index (χ1) is 6.77. The molecule has 0 bridgehead atoms. The fraction of sp³-hybridized carbons (Fsp3) is 0.909. The number of carbonyl (C=O) groups is 1. The fourth-order valence-electron chi connectivity index (χ4n) is 6.75. The second-order valence-electron chi connectivity index (χ2n) is 5.86. The summed E-state index contributed by atoms with van der Waals surface area (Å²) in [6.07, 6.45) is 0.